The Labute approximate surface area is 100 Å². The van der Waals surface area contributed by atoms with Crippen molar-refractivity contribution in [1.29, 1.82) is 0 Å². The summed E-state index contributed by atoms with van der Waals surface area (Å²) in [5, 5.41) is 10.5. The van der Waals surface area contributed by atoms with Crippen LogP contribution >= 0.6 is 0 Å². The first-order chi connectivity index (χ1) is 7.38. The quantitative estimate of drug-likeness (QED) is 0.744. The summed E-state index contributed by atoms with van der Waals surface area (Å²) in [5.41, 5.74) is 1.04. The van der Waals surface area contributed by atoms with Crippen LogP contribution in [-0.2, 0) is 0 Å². The van der Waals surface area contributed by atoms with Crippen LogP contribution in [0.5, 0.6) is 0 Å². The second-order valence-electron chi connectivity index (χ2n) is 5.88. The van der Waals surface area contributed by atoms with Crippen molar-refractivity contribution in [3.05, 3.63) is 12.2 Å². The fourth-order valence-corrected chi connectivity index (χ4v) is 3.09. The molecule has 1 N–H and O–H groups in total. The van der Waals surface area contributed by atoms with Gasteiger partial charge in [0.05, 0.1) is 6.10 Å². The van der Waals surface area contributed by atoms with Gasteiger partial charge in [-0.15, -0.1) is 6.58 Å². The van der Waals surface area contributed by atoms with Gasteiger partial charge in [0.1, 0.15) is 0 Å². The maximum atomic E-state index is 10.5. The van der Waals surface area contributed by atoms with Crippen LogP contribution < -0.4 is 0 Å². The highest BCUT2D eigenvalue weighted by molar-refractivity contribution is 5.03. The highest BCUT2D eigenvalue weighted by atomic mass is 16.3. The van der Waals surface area contributed by atoms with Crippen molar-refractivity contribution < 1.29 is 5.11 Å². The molecule has 1 fully saturated rings. The molecule has 0 radical (unpaired) electrons. The van der Waals surface area contributed by atoms with E-state index >= 15 is 0 Å². The molecule has 0 saturated heterocycles. The molecule has 0 aromatic heterocycles. The van der Waals surface area contributed by atoms with E-state index in [1.807, 2.05) is 6.92 Å². The standard InChI is InChI=1S/C14H27NO/c1-11(2)9-13(16)14(15(4)5)8-6-7-12(3)10-14/h12-13,16H,1,6-10H2,2-5H3. The summed E-state index contributed by atoms with van der Waals surface area (Å²) in [6.45, 7) is 8.22. The molecule has 0 bridgehead atoms. The van der Waals surface area contributed by atoms with Crippen LogP contribution in [0.2, 0.25) is 0 Å². The van der Waals surface area contributed by atoms with Gasteiger partial charge in [-0.25, -0.2) is 0 Å². The Kier molecular flexibility index (Phi) is 4.57. The Morgan fingerprint density at radius 2 is 2.19 bits per heavy atom. The number of aliphatic hydroxyl groups excluding tert-OH is 1. The Morgan fingerprint density at radius 1 is 1.56 bits per heavy atom. The third-order valence-corrected chi connectivity index (χ3v) is 4.06. The number of rotatable bonds is 4. The molecular weight excluding hydrogens is 198 g/mol. The third kappa shape index (κ3) is 2.86. The number of likely N-dealkylation sites (N-methyl/N-ethyl adjacent to an activating group) is 1. The van der Waals surface area contributed by atoms with Crippen molar-refractivity contribution >= 4 is 0 Å². The van der Waals surface area contributed by atoms with E-state index in [1.54, 1.807) is 0 Å². The van der Waals surface area contributed by atoms with Crippen LogP contribution in [0.1, 0.15) is 46.0 Å². The Hall–Kier alpha value is -0.340. The predicted molar refractivity (Wildman–Crippen MR) is 69.5 cm³/mol. The summed E-state index contributed by atoms with van der Waals surface area (Å²) < 4.78 is 0. The van der Waals surface area contributed by atoms with Gasteiger partial charge < -0.3 is 10.0 Å². The van der Waals surface area contributed by atoms with Crippen molar-refractivity contribution in [2.75, 3.05) is 14.1 Å². The van der Waals surface area contributed by atoms with Gasteiger partial charge in [-0.05, 0) is 46.2 Å². The average Bonchev–Trinajstić information content (AvgIpc) is 2.16. The van der Waals surface area contributed by atoms with Crippen LogP contribution in [0.3, 0.4) is 0 Å². The predicted octanol–water partition coefficient (Wildman–Crippen LogP) is 2.82. The monoisotopic (exact) mass is 225 g/mol. The summed E-state index contributed by atoms with van der Waals surface area (Å²) in [4.78, 5) is 2.23. The number of nitrogens with zero attached hydrogens (tertiary/aromatic N) is 1. The van der Waals surface area contributed by atoms with Gasteiger partial charge in [0.2, 0.25) is 0 Å². The maximum absolute atomic E-state index is 10.5. The summed E-state index contributed by atoms with van der Waals surface area (Å²) in [5.74, 6) is 0.718. The molecule has 3 atom stereocenters. The smallest absolute Gasteiger partial charge is 0.0760 e. The second-order valence-corrected chi connectivity index (χ2v) is 5.88. The summed E-state index contributed by atoms with van der Waals surface area (Å²) >= 11 is 0. The summed E-state index contributed by atoms with van der Waals surface area (Å²) in [7, 11) is 4.19. The first-order valence-electron chi connectivity index (χ1n) is 6.38. The Bertz CT molecular complexity index is 249. The van der Waals surface area contributed by atoms with Gasteiger partial charge in [-0.3, -0.25) is 0 Å². The first kappa shape index (κ1) is 13.7. The van der Waals surface area contributed by atoms with Gasteiger partial charge in [-0.2, -0.15) is 0 Å². The van der Waals surface area contributed by atoms with Crippen LogP contribution in [0, 0.1) is 5.92 Å². The maximum Gasteiger partial charge on any atom is 0.0760 e. The van der Waals surface area contributed by atoms with E-state index in [-0.39, 0.29) is 11.6 Å². The zero-order chi connectivity index (χ0) is 12.3. The van der Waals surface area contributed by atoms with Crippen molar-refractivity contribution in [3.63, 3.8) is 0 Å². The van der Waals surface area contributed by atoms with Gasteiger partial charge in [0.15, 0.2) is 0 Å². The van der Waals surface area contributed by atoms with Crippen LogP contribution in [-0.4, -0.2) is 35.7 Å². The van der Waals surface area contributed by atoms with Gasteiger partial charge in [0, 0.05) is 5.54 Å². The van der Waals surface area contributed by atoms with E-state index in [2.05, 4.69) is 32.5 Å². The number of hydrogen-bond acceptors (Lipinski definition) is 2. The SMILES string of the molecule is C=C(C)CC(O)C1(N(C)C)CCCC(C)C1. The van der Waals surface area contributed by atoms with Gasteiger partial charge in [0.25, 0.3) is 0 Å². The number of hydrogen-bond donors (Lipinski definition) is 1. The molecule has 0 amide bonds. The average molecular weight is 225 g/mol. The van der Waals surface area contributed by atoms with E-state index in [0.29, 0.717) is 0 Å². The van der Waals surface area contributed by atoms with E-state index in [1.165, 1.54) is 12.8 Å². The van der Waals surface area contributed by atoms with Crippen LogP contribution in [0.15, 0.2) is 12.2 Å². The lowest BCUT2D eigenvalue weighted by atomic mass is 9.71. The van der Waals surface area contributed by atoms with Crippen molar-refractivity contribution in [2.24, 2.45) is 5.92 Å². The Morgan fingerprint density at radius 3 is 2.62 bits per heavy atom. The van der Waals surface area contributed by atoms with Gasteiger partial charge >= 0.3 is 0 Å². The molecule has 3 unspecified atom stereocenters. The van der Waals surface area contributed by atoms with Crippen molar-refractivity contribution in [1.82, 2.24) is 4.90 Å². The topological polar surface area (TPSA) is 23.5 Å². The molecular formula is C14H27NO. The molecule has 1 rings (SSSR count). The van der Waals surface area contributed by atoms with Crippen LogP contribution in [0.25, 0.3) is 0 Å². The molecule has 2 heteroatoms. The molecule has 0 aliphatic heterocycles. The fraction of sp³-hybridized carbons (Fsp3) is 0.857. The first-order valence-corrected chi connectivity index (χ1v) is 6.38. The van der Waals surface area contributed by atoms with Gasteiger partial charge in [-0.1, -0.05) is 25.3 Å². The normalized spacial score (nSPS) is 32.8. The lowest BCUT2D eigenvalue weighted by Gasteiger charge is -2.48. The fourth-order valence-electron chi connectivity index (χ4n) is 3.09. The third-order valence-electron chi connectivity index (χ3n) is 4.06. The van der Waals surface area contributed by atoms with Crippen LogP contribution in [0.4, 0.5) is 0 Å². The molecule has 1 saturated carbocycles. The minimum Gasteiger partial charge on any atom is -0.391 e. The summed E-state index contributed by atoms with van der Waals surface area (Å²) in [6.07, 6.45) is 5.20. The molecule has 1 aliphatic rings. The van der Waals surface area contributed by atoms with E-state index in [9.17, 15) is 5.11 Å². The summed E-state index contributed by atoms with van der Waals surface area (Å²) in [6, 6.07) is 0. The minimum atomic E-state index is -0.275. The zero-order valence-corrected chi connectivity index (χ0v) is 11.3. The highest BCUT2D eigenvalue weighted by Crippen LogP contribution is 2.39. The lowest BCUT2D eigenvalue weighted by molar-refractivity contribution is -0.0423. The van der Waals surface area contributed by atoms with Crippen molar-refractivity contribution in [3.8, 4) is 0 Å². The number of aliphatic hydroxyl groups is 1. The van der Waals surface area contributed by atoms with E-state index in [4.69, 9.17) is 0 Å². The highest BCUT2D eigenvalue weighted by Gasteiger charge is 2.42. The molecule has 2 nitrogen and oxygen atoms in total. The van der Waals surface area contributed by atoms with E-state index in [0.717, 1.165) is 30.8 Å². The second kappa shape index (κ2) is 5.33. The molecule has 0 heterocycles. The molecule has 94 valence electrons. The Balaban J connectivity index is 2.82. The molecule has 0 spiro atoms. The molecule has 0 aromatic carbocycles. The minimum absolute atomic E-state index is 0.0311. The lowest BCUT2D eigenvalue weighted by Crippen LogP contribution is -2.56. The molecule has 16 heavy (non-hydrogen) atoms. The zero-order valence-electron chi connectivity index (χ0n) is 11.3. The molecule has 0 aromatic rings. The largest absolute Gasteiger partial charge is 0.391 e. The van der Waals surface area contributed by atoms with Crippen molar-refractivity contribution in [2.45, 2.75) is 57.6 Å². The molecule has 1 aliphatic carbocycles. The van der Waals surface area contributed by atoms with E-state index < -0.39 is 0 Å².